The van der Waals surface area contributed by atoms with Crippen molar-refractivity contribution in [2.45, 2.75) is 67.2 Å². The van der Waals surface area contributed by atoms with Crippen molar-refractivity contribution in [3.05, 3.63) is 114 Å². The number of allylic oxidation sites excluding steroid dienone is 2. The molecular weight excluding hydrogens is 452 g/mol. The first kappa shape index (κ1) is 31.5. The van der Waals surface area contributed by atoms with E-state index in [0.717, 1.165) is 48.5 Å². The zero-order chi connectivity index (χ0) is 23.3. The third-order valence-corrected chi connectivity index (χ3v) is 5.48. The molecule has 0 amide bonds. The number of benzene rings is 2. The number of rotatable bonds is 8. The molecule has 0 aromatic heterocycles. The molecule has 0 fully saturated rings. The molecular formula is C31H41CrN2. The maximum Gasteiger partial charge on any atom is 3.00 e. The largest absolute Gasteiger partial charge is 3.00 e. The second-order valence-electron chi connectivity index (χ2n) is 7.88. The van der Waals surface area contributed by atoms with Crippen molar-refractivity contribution in [3.8, 4) is 0 Å². The number of nitrogens with zero attached hydrogens (tertiary/aromatic N) is 2. The molecule has 0 unspecified atom stereocenters. The van der Waals surface area contributed by atoms with Crippen molar-refractivity contribution in [1.29, 1.82) is 0 Å². The van der Waals surface area contributed by atoms with Crippen LogP contribution in [0.4, 0.5) is 11.4 Å². The second-order valence-corrected chi connectivity index (χ2v) is 7.88. The van der Waals surface area contributed by atoms with E-state index >= 15 is 0 Å². The summed E-state index contributed by atoms with van der Waals surface area (Å²) in [5.41, 5.74) is 9.49. The molecule has 0 saturated heterocycles. The molecule has 0 aliphatic carbocycles. The van der Waals surface area contributed by atoms with Crippen LogP contribution < -0.4 is 0 Å². The first-order valence-electron chi connectivity index (χ1n) is 11.9. The molecule has 3 rings (SSSR count). The van der Waals surface area contributed by atoms with Gasteiger partial charge in [-0.25, -0.2) is 12.1 Å². The van der Waals surface area contributed by atoms with Gasteiger partial charge in [-0.3, -0.25) is 4.99 Å². The summed E-state index contributed by atoms with van der Waals surface area (Å²) in [6.45, 7) is 12.9. The summed E-state index contributed by atoms with van der Waals surface area (Å²) < 4.78 is 0. The number of hydrogen-bond acceptors (Lipinski definition) is 1. The fourth-order valence-corrected chi connectivity index (χ4v) is 3.76. The van der Waals surface area contributed by atoms with Gasteiger partial charge in [0, 0.05) is 5.71 Å². The van der Waals surface area contributed by atoms with Gasteiger partial charge in [0.15, 0.2) is 0 Å². The van der Waals surface area contributed by atoms with E-state index in [1.165, 1.54) is 22.3 Å². The average molecular weight is 494 g/mol. The van der Waals surface area contributed by atoms with Crippen molar-refractivity contribution in [2.75, 3.05) is 0 Å². The summed E-state index contributed by atoms with van der Waals surface area (Å²) >= 11 is 0. The van der Waals surface area contributed by atoms with E-state index in [-0.39, 0.29) is 24.8 Å². The van der Waals surface area contributed by atoms with Gasteiger partial charge in [0.2, 0.25) is 0 Å². The summed E-state index contributed by atoms with van der Waals surface area (Å²) in [6, 6.07) is 23.0. The SMILES string of the molecule is CCc1cccc(CC)c1N=C(C)/C=C(/C)[N-]c1c(CC)cccc1CC.[CH3-].[Cr+3].c1cc[cH-]c1. The van der Waals surface area contributed by atoms with Crippen LogP contribution in [-0.2, 0) is 43.0 Å². The Hall–Kier alpha value is -2.47. The predicted molar refractivity (Wildman–Crippen MR) is 148 cm³/mol. The summed E-state index contributed by atoms with van der Waals surface area (Å²) in [5, 5.41) is 4.95. The smallest absolute Gasteiger partial charge is 0.661 e. The van der Waals surface area contributed by atoms with E-state index in [1.54, 1.807) is 0 Å². The molecule has 1 radical (unpaired) electrons. The van der Waals surface area contributed by atoms with Gasteiger partial charge in [-0.1, -0.05) is 88.2 Å². The quantitative estimate of drug-likeness (QED) is 0.221. The predicted octanol–water partition coefficient (Wildman–Crippen LogP) is 9.49. The van der Waals surface area contributed by atoms with E-state index in [9.17, 15) is 0 Å². The molecule has 0 spiro atoms. The topological polar surface area (TPSA) is 26.5 Å². The summed E-state index contributed by atoms with van der Waals surface area (Å²) in [4.78, 5) is 4.95. The van der Waals surface area contributed by atoms with E-state index in [1.807, 2.05) is 30.3 Å². The van der Waals surface area contributed by atoms with Gasteiger partial charge >= 0.3 is 17.4 Å². The molecule has 0 aliphatic rings. The first-order chi connectivity index (χ1) is 15.5. The summed E-state index contributed by atoms with van der Waals surface area (Å²) in [6.07, 6.45) is 6.08. The van der Waals surface area contributed by atoms with E-state index < -0.39 is 0 Å². The van der Waals surface area contributed by atoms with E-state index in [0.29, 0.717) is 0 Å². The average Bonchev–Trinajstić information content (AvgIpc) is 3.39. The van der Waals surface area contributed by atoms with Crippen LogP contribution in [0.5, 0.6) is 0 Å². The zero-order valence-corrected chi connectivity index (χ0v) is 23.3. The van der Waals surface area contributed by atoms with E-state index in [4.69, 9.17) is 10.3 Å². The van der Waals surface area contributed by atoms with Crippen molar-refractivity contribution in [3.63, 3.8) is 0 Å². The van der Waals surface area contributed by atoms with E-state index in [2.05, 4.69) is 84.0 Å². The van der Waals surface area contributed by atoms with Gasteiger partial charge in [-0.2, -0.15) is 23.9 Å². The van der Waals surface area contributed by atoms with Crippen LogP contribution in [0, 0.1) is 7.43 Å². The van der Waals surface area contributed by atoms with Crippen LogP contribution in [0.1, 0.15) is 63.8 Å². The normalized spacial score (nSPS) is 11.0. The molecule has 0 saturated carbocycles. The summed E-state index contributed by atoms with van der Waals surface area (Å²) in [7, 11) is 0. The number of para-hydroxylation sites is 2. The molecule has 3 heteroatoms. The van der Waals surface area contributed by atoms with Gasteiger partial charge < -0.3 is 12.7 Å². The first-order valence-corrected chi connectivity index (χ1v) is 11.9. The fourth-order valence-electron chi connectivity index (χ4n) is 3.76. The minimum absolute atomic E-state index is 0. The summed E-state index contributed by atoms with van der Waals surface area (Å²) in [5.74, 6) is 0. The van der Waals surface area contributed by atoms with Crippen molar-refractivity contribution in [2.24, 2.45) is 4.99 Å². The van der Waals surface area contributed by atoms with Crippen LogP contribution in [0.2, 0.25) is 0 Å². The van der Waals surface area contributed by atoms with Crippen LogP contribution in [0.3, 0.4) is 0 Å². The second kappa shape index (κ2) is 17.0. The Bertz CT molecular complexity index is 952. The molecule has 2 nitrogen and oxygen atoms in total. The van der Waals surface area contributed by atoms with Gasteiger partial charge in [-0.15, -0.1) is 5.69 Å². The Balaban J connectivity index is 0.00000138. The Morgan fingerprint density at radius 2 is 1.21 bits per heavy atom. The molecule has 0 heterocycles. The molecule has 0 aliphatic heterocycles. The van der Waals surface area contributed by atoms with Gasteiger partial charge in [-0.05, 0) is 43.7 Å². The maximum atomic E-state index is 4.95. The Morgan fingerprint density at radius 1 is 0.765 bits per heavy atom. The molecule has 3 aromatic carbocycles. The molecule has 3 aromatic rings. The van der Waals surface area contributed by atoms with Gasteiger partial charge in [0.1, 0.15) is 0 Å². The van der Waals surface area contributed by atoms with Gasteiger partial charge in [0.05, 0.1) is 5.69 Å². The van der Waals surface area contributed by atoms with Crippen molar-refractivity contribution >= 4 is 17.1 Å². The third-order valence-electron chi connectivity index (χ3n) is 5.48. The number of aryl methyl sites for hydroxylation is 4. The maximum absolute atomic E-state index is 4.95. The van der Waals surface area contributed by atoms with Gasteiger partial charge in [0.25, 0.3) is 0 Å². The molecule has 0 N–H and O–H groups in total. The van der Waals surface area contributed by atoms with Crippen molar-refractivity contribution in [1.82, 2.24) is 0 Å². The van der Waals surface area contributed by atoms with Crippen molar-refractivity contribution < 1.29 is 17.4 Å². The van der Waals surface area contributed by atoms with Crippen LogP contribution in [0.15, 0.2) is 83.5 Å². The van der Waals surface area contributed by atoms with Crippen LogP contribution in [0.25, 0.3) is 5.32 Å². The van der Waals surface area contributed by atoms with Crippen LogP contribution in [-0.4, -0.2) is 5.71 Å². The zero-order valence-electron chi connectivity index (χ0n) is 22.1. The van der Waals surface area contributed by atoms with Crippen LogP contribution >= 0.6 is 0 Å². The molecule has 34 heavy (non-hydrogen) atoms. The molecule has 181 valence electrons. The standard InChI is InChI=1S/C25H33N2.C5H5.CH3.Cr/c1-7-20-13-11-14-21(8-2)24(20)26-18(5)17-19(6)27-25-22(9-3)15-12-16-23(25)10-4;1-2-4-5-3-1;;/h11-17H,7-10H2,1-6H3;1-5H;1H3;/q3*-1;+3/b18-17-,27-19?;;;. The number of aliphatic imine (C=N–C) groups is 1. The molecule has 0 atom stereocenters. The number of hydrogen-bond donors (Lipinski definition) is 0. The molecule has 0 bridgehead atoms. The minimum Gasteiger partial charge on any atom is -0.661 e. The monoisotopic (exact) mass is 493 g/mol. The Labute approximate surface area is 219 Å². The fraction of sp³-hybridized carbons (Fsp3) is 0.323. The minimum atomic E-state index is 0. The Morgan fingerprint density at radius 3 is 1.59 bits per heavy atom. The third kappa shape index (κ3) is 9.42. The Kier molecular flexibility index (Phi) is 15.8.